The number of hydrogen-bond donors (Lipinski definition) is 2. The lowest BCUT2D eigenvalue weighted by Gasteiger charge is -2.41. The maximum absolute atomic E-state index is 13.4. The van der Waals surface area contributed by atoms with Gasteiger partial charge in [0, 0.05) is 41.7 Å². The Morgan fingerprint density at radius 3 is 2.90 bits per heavy atom. The van der Waals surface area contributed by atoms with Gasteiger partial charge in [0.15, 0.2) is 0 Å². The van der Waals surface area contributed by atoms with Crippen LogP contribution in [0, 0.1) is 35.0 Å². The molecular formula is C22H30N4O3. The van der Waals surface area contributed by atoms with E-state index in [0.717, 1.165) is 44.1 Å². The van der Waals surface area contributed by atoms with Crippen molar-refractivity contribution in [1.29, 1.82) is 5.26 Å². The third-order valence-electron chi connectivity index (χ3n) is 7.97. The Labute approximate surface area is 171 Å². The van der Waals surface area contributed by atoms with Crippen molar-refractivity contribution in [3.8, 4) is 6.07 Å². The van der Waals surface area contributed by atoms with Crippen LogP contribution in [0.25, 0.3) is 0 Å². The second-order valence-electron chi connectivity index (χ2n) is 9.50. The zero-order valence-corrected chi connectivity index (χ0v) is 17.0. The van der Waals surface area contributed by atoms with E-state index in [1.54, 1.807) is 0 Å². The van der Waals surface area contributed by atoms with Crippen LogP contribution in [0.15, 0.2) is 11.8 Å². The molecule has 8 unspecified atom stereocenters. The number of carbonyl (C=O) groups is 2. The summed E-state index contributed by atoms with van der Waals surface area (Å²) >= 11 is 0. The molecule has 2 saturated carbocycles. The Morgan fingerprint density at radius 1 is 1.24 bits per heavy atom. The maximum atomic E-state index is 13.4. The van der Waals surface area contributed by atoms with E-state index in [-0.39, 0.29) is 53.8 Å². The van der Waals surface area contributed by atoms with Gasteiger partial charge in [-0.3, -0.25) is 14.9 Å². The van der Waals surface area contributed by atoms with Crippen LogP contribution in [-0.2, 0) is 14.3 Å². The number of nitriles is 1. The Bertz CT molecular complexity index is 775. The average Bonchev–Trinajstić information content (AvgIpc) is 3.29. The Kier molecular flexibility index (Phi) is 4.78. The summed E-state index contributed by atoms with van der Waals surface area (Å²) in [6.45, 7) is 2.52. The number of fused-ring (bicyclic) bond motifs is 4. The van der Waals surface area contributed by atoms with E-state index in [1.807, 2.05) is 18.0 Å². The minimum absolute atomic E-state index is 0.0469. The molecular weight excluding hydrogens is 368 g/mol. The van der Waals surface area contributed by atoms with E-state index in [2.05, 4.69) is 16.7 Å². The van der Waals surface area contributed by atoms with Gasteiger partial charge < -0.3 is 15.0 Å². The van der Waals surface area contributed by atoms with Gasteiger partial charge in [0.2, 0.25) is 0 Å². The minimum Gasteiger partial charge on any atom is -0.465 e. The lowest BCUT2D eigenvalue weighted by atomic mass is 9.78. The Morgan fingerprint density at radius 2 is 2.07 bits per heavy atom. The normalized spacial score (nSPS) is 45.2. The van der Waals surface area contributed by atoms with Crippen LogP contribution in [0.5, 0.6) is 0 Å². The van der Waals surface area contributed by atoms with E-state index in [9.17, 15) is 14.9 Å². The van der Waals surface area contributed by atoms with Crippen molar-refractivity contribution < 1.29 is 14.3 Å². The number of hydrogen-bond acceptors (Lipinski definition) is 6. The molecule has 7 nitrogen and oxygen atoms in total. The molecule has 2 N–H and O–H groups in total. The van der Waals surface area contributed by atoms with E-state index in [1.165, 1.54) is 6.42 Å². The molecule has 5 fully saturated rings. The van der Waals surface area contributed by atoms with Crippen molar-refractivity contribution in [3.63, 3.8) is 0 Å². The first-order chi connectivity index (χ1) is 14.1. The topological polar surface area (TPSA) is 94.5 Å². The summed E-state index contributed by atoms with van der Waals surface area (Å²) < 4.78 is 5.22. The van der Waals surface area contributed by atoms with Crippen LogP contribution in [-0.4, -0.2) is 47.7 Å². The fourth-order valence-electron chi connectivity index (χ4n) is 6.30. The van der Waals surface area contributed by atoms with Crippen LogP contribution in [0.1, 0.15) is 51.9 Å². The lowest BCUT2D eigenvalue weighted by molar-refractivity contribution is -0.141. The van der Waals surface area contributed by atoms with Gasteiger partial charge in [0.25, 0.3) is 5.91 Å². The zero-order chi connectivity index (χ0) is 20.1. The first kappa shape index (κ1) is 18.9. The fourth-order valence-corrected chi connectivity index (χ4v) is 6.30. The zero-order valence-electron chi connectivity index (χ0n) is 17.0. The quantitative estimate of drug-likeness (QED) is 0.543. The van der Waals surface area contributed by atoms with Crippen molar-refractivity contribution in [1.82, 2.24) is 15.5 Å². The molecule has 3 saturated heterocycles. The number of rotatable bonds is 2. The van der Waals surface area contributed by atoms with Crippen molar-refractivity contribution in [2.24, 2.45) is 23.7 Å². The lowest BCUT2D eigenvalue weighted by Crippen LogP contribution is -2.55. The summed E-state index contributed by atoms with van der Waals surface area (Å²) in [5, 5.41) is 16.9. The highest BCUT2D eigenvalue weighted by atomic mass is 16.5. The second-order valence-corrected chi connectivity index (χ2v) is 9.50. The number of esters is 1. The highest BCUT2D eigenvalue weighted by Crippen LogP contribution is 2.41. The summed E-state index contributed by atoms with van der Waals surface area (Å²) in [4.78, 5) is 27.2. The Hall–Kier alpha value is -2.07. The molecule has 2 aliphatic carbocycles. The monoisotopic (exact) mass is 398 g/mol. The van der Waals surface area contributed by atoms with Gasteiger partial charge in [0.05, 0.1) is 30.7 Å². The third-order valence-corrected chi connectivity index (χ3v) is 7.97. The molecule has 3 aliphatic heterocycles. The minimum atomic E-state index is -0.233. The van der Waals surface area contributed by atoms with Gasteiger partial charge in [-0.25, -0.2) is 0 Å². The SMILES string of the molecule is CC1/C(=C/NC2CCC3C(=O)OCC3C2)C(=O)N2C3CCCCC3NC2C1C#N. The second kappa shape index (κ2) is 7.32. The van der Waals surface area contributed by atoms with E-state index < -0.39 is 0 Å². The number of ether oxygens (including phenoxy) is 1. The number of piperidine rings is 1. The first-order valence-electron chi connectivity index (χ1n) is 11.2. The van der Waals surface area contributed by atoms with E-state index in [0.29, 0.717) is 12.6 Å². The molecule has 29 heavy (non-hydrogen) atoms. The molecule has 0 aromatic rings. The molecule has 156 valence electrons. The highest BCUT2D eigenvalue weighted by Gasteiger charge is 2.53. The fraction of sp³-hybridized carbons (Fsp3) is 0.773. The molecule has 0 aromatic heterocycles. The van der Waals surface area contributed by atoms with Gasteiger partial charge in [-0.15, -0.1) is 0 Å². The van der Waals surface area contributed by atoms with Crippen LogP contribution in [0.2, 0.25) is 0 Å². The molecule has 5 rings (SSSR count). The van der Waals surface area contributed by atoms with Crippen molar-refractivity contribution in [2.45, 2.75) is 76.2 Å². The summed E-state index contributed by atoms with van der Waals surface area (Å²) in [7, 11) is 0. The van der Waals surface area contributed by atoms with Gasteiger partial charge in [-0.05, 0) is 32.1 Å². The number of cyclic esters (lactones) is 1. The number of carbonyl (C=O) groups excluding carboxylic acids is 2. The molecule has 0 bridgehead atoms. The van der Waals surface area contributed by atoms with Crippen molar-refractivity contribution in [2.75, 3.05) is 6.61 Å². The van der Waals surface area contributed by atoms with Crippen molar-refractivity contribution >= 4 is 11.9 Å². The average molecular weight is 399 g/mol. The summed E-state index contributed by atoms with van der Waals surface area (Å²) in [5.74, 6) is 0.0302. The molecule has 8 atom stereocenters. The first-order valence-corrected chi connectivity index (χ1v) is 11.2. The van der Waals surface area contributed by atoms with E-state index in [4.69, 9.17) is 4.74 Å². The number of amides is 1. The van der Waals surface area contributed by atoms with Crippen LogP contribution in [0.3, 0.4) is 0 Å². The van der Waals surface area contributed by atoms with Gasteiger partial charge in [-0.2, -0.15) is 5.26 Å². The predicted octanol–water partition coefficient (Wildman–Crippen LogP) is 1.66. The summed E-state index contributed by atoms with van der Waals surface area (Å²) in [6, 6.07) is 3.26. The predicted molar refractivity (Wildman–Crippen MR) is 105 cm³/mol. The summed E-state index contributed by atoms with van der Waals surface area (Å²) in [5.41, 5.74) is 0.724. The van der Waals surface area contributed by atoms with E-state index >= 15 is 0 Å². The van der Waals surface area contributed by atoms with Crippen LogP contribution in [0.4, 0.5) is 0 Å². The molecule has 7 heteroatoms. The van der Waals surface area contributed by atoms with Crippen molar-refractivity contribution in [3.05, 3.63) is 11.8 Å². The summed E-state index contributed by atoms with van der Waals surface area (Å²) in [6.07, 6.45) is 8.80. The molecule has 0 aromatic carbocycles. The third kappa shape index (κ3) is 3.04. The smallest absolute Gasteiger partial charge is 0.309 e. The highest BCUT2D eigenvalue weighted by molar-refractivity contribution is 5.95. The van der Waals surface area contributed by atoms with Gasteiger partial charge in [-0.1, -0.05) is 19.8 Å². The number of nitrogens with one attached hydrogen (secondary N) is 2. The molecule has 0 radical (unpaired) electrons. The Balaban J connectivity index is 1.33. The molecule has 5 aliphatic rings. The maximum Gasteiger partial charge on any atom is 0.309 e. The van der Waals surface area contributed by atoms with Crippen LogP contribution >= 0.6 is 0 Å². The largest absolute Gasteiger partial charge is 0.465 e. The molecule has 3 heterocycles. The van der Waals surface area contributed by atoms with Gasteiger partial charge in [0.1, 0.15) is 0 Å². The van der Waals surface area contributed by atoms with Gasteiger partial charge >= 0.3 is 5.97 Å². The van der Waals surface area contributed by atoms with Crippen LogP contribution < -0.4 is 10.6 Å². The number of nitrogens with zero attached hydrogens (tertiary/aromatic N) is 2. The molecule has 0 spiro atoms. The molecule has 1 amide bonds. The standard InChI is InChI=1S/C22H30N4O3/c1-12-16(9-23)20-25-18-4-2-3-5-19(18)26(20)21(27)17(12)10-24-14-6-7-15-13(8-14)11-29-22(15)28/h10,12-16,18-20,24-25H,2-8,11H2,1H3/b17-10-.